The van der Waals surface area contributed by atoms with E-state index in [0.29, 0.717) is 19.1 Å². The van der Waals surface area contributed by atoms with Gasteiger partial charge in [-0.2, -0.15) is 0 Å². The summed E-state index contributed by atoms with van der Waals surface area (Å²) in [5.41, 5.74) is 0.988. The fraction of sp³-hybridized carbons (Fsp3) is 0.429. The summed E-state index contributed by atoms with van der Waals surface area (Å²) in [7, 11) is 0. The molecule has 0 aliphatic carbocycles. The van der Waals surface area contributed by atoms with Gasteiger partial charge in [0.2, 0.25) is 0 Å². The van der Waals surface area contributed by atoms with Crippen molar-refractivity contribution in [3.8, 4) is 0 Å². The Morgan fingerprint density at radius 2 is 2.17 bits per heavy atom. The van der Waals surface area contributed by atoms with Crippen molar-refractivity contribution in [1.29, 1.82) is 0 Å². The van der Waals surface area contributed by atoms with Crippen LogP contribution in [0, 0.1) is 5.92 Å². The Bertz CT molecular complexity index is 429. The van der Waals surface area contributed by atoms with Crippen molar-refractivity contribution in [2.75, 3.05) is 6.54 Å². The van der Waals surface area contributed by atoms with Crippen LogP contribution >= 0.6 is 0 Å². The molecule has 96 valence electrons. The van der Waals surface area contributed by atoms with E-state index in [9.17, 15) is 4.79 Å². The van der Waals surface area contributed by atoms with E-state index in [1.165, 1.54) is 4.90 Å². The normalized spacial score (nSPS) is 18.4. The summed E-state index contributed by atoms with van der Waals surface area (Å²) >= 11 is 0. The number of hydrogen-bond donors (Lipinski definition) is 0. The molecule has 0 spiro atoms. The number of rotatable bonds is 3. The third-order valence-corrected chi connectivity index (χ3v) is 2.99. The van der Waals surface area contributed by atoms with Crippen LogP contribution in [0.3, 0.4) is 0 Å². The highest BCUT2D eigenvalue weighted by Gasteiger charge is 2.25. The van der Waals surface area contributed by atoms with E-state index in [2.05, 4.69) is 18.8 Å². The average molecular weight is 246 g/mol. The third-order valence-electron chi connectivity index (χ3n) is 2.99. The van der Waals surface area contributed by atoms with Gasteiger partial charge in [-0.3, -0.25) is 9.89 Å². The maximum absolute atomic E-state index is 11.8. The predicted octanol–water partition coefficient (Wildman–Crippen LogP) is 2.69. The summed E-state index contributed by atoms with van der Waals surface area (Å²) in [6, 6.07) is 9.84. The second-order valence-corrected chi connectivity index (χ2v) is 4.77. The highest BCUT2D eigenvalue weighted by molar-refractivity contribution is 5.83. The van der Waals surface area contributed by atoms with Gasteiger partial charge in [0.05, 0.1) is 18.9 Å². The average Bonchev–Trinajstić information content (AvgIpc) is 2.87. The Morgan fingerprint density at radius 3 is 2.78 bits per heavy atom. The molecule has 0 unspecified atom stereocenters. The fourth-order valence-corrected chi connectivity index (χ4v) is 1.77. The van der Waals surface area contributed by atoms with Crippen molar-refractivity contribution in [2.45, 2.75) is 26.5 Å². The number of aliphatic imine (C=N–C) groups is 1. The number of nitrogens with zero attached hydrogens (tertiary/aromatic N) is 2. The molecule has 4 heteroatoms. The topological polar surface area (TPSA) is 41.9 Å². The predicted molar refractivity (Wildman–Crippen MR) is 70.5 cm³/mol. The molecule has 18 heavy (non-hydrogen) atoms. The maximum atomic E-state index is 11.8. The van der Waals surface area contributed by atoms with E-state index < -0.39 is 0 Å². The summed E-state index contributed by atoms with van der Waals surface area (Å²) < 4.78 is 5.24. The van der Waals surface area contributed by atoms with E-state index in [0.717, 1.165) is 5.56 Å². The number of hydrogen-bond acceptors (Lipinski definition) is 3. The Hall–Kier alpha value is -1.84. The van der Waals surface area contributed by atoms with Crippen LogP contribution < -0.4 is 0 Å². The molecule has 1 aromatic rings. The molecule has 1 atom stereocenters. The van der Waals surface area contributed by atoms with Crippen molar-refractivity contribution in [2.24, 2.45) is 10.9 Å². The molecule has 0 aromatic heterocycles. The van der Waals surface area contributed by atoms with Gasteiger partial charge in [0.25, 0.3) is 0 Å². The first-order valence-corrected chi connectivity index (χ1v) is 6.17. The zero-order valence-corrected chi connectivity index (χ0v) is 10.7. The van der Waals surface area contributed by atoms with Gasteiger partial charge in [-0.1, -0.05) is 44.2 Å². The molecule has 0 fully saturated rings. The minimum atomic E-state index is -0.328. The number of amides is 1. The van der Waals surface area contributed by atoms with Crippen LogP contribution in [0.25, 0.3) is 0 Å². The summed E-state index contributed by atoms with van der Waals surface area (Å²) in [5, 5.41) is 0. The van der Waals surface area contributed by atoms with E-state index >= 15 is 0 Å². The van der Waals surface area contributed by atoms with Gasteiger partial charge in [0.15, 0.2) is 0 Å². The molecular weight excluding hydrogens is 228 g/mol. The molecule has 1 amide bonds. The van der Waals surface area contributed by atoms with Gasteiger partial charge in [0, 0.05) is 0 Å². The molecule has 1 heterocycles. The summed E-state index contributed by atoms with van der Waals surface area (Å²) in [5.74, 6) is 0.438. The van der Waals surface area contributed by atoms with Crippen molar-refractivity contribution in [1.82, 2.24) is 4.90 Å². The van der Waals surface area contributed by atoms with Gasteiger partial charge in [0.1, 0.15) is 6.61 Å². The summed E-state index contributed by atoms with van der Waals surface area (Å²) in [6.07, 6.45) is 1.25. The Kier molecular flexibility index (Phi) is 3.97. The van der Waals surface area contributed by atoms with Crippen molar-refractivity contribution in [3.05, 3.63) is 35.9 Å². The lowest BCUT2D eigenvalue weighted by molar-refractivity contribution is 0.117. The molecule has 0 saturated carbocycles. The molecule has 0 N–H and O–H groups in total. The lowest BCUT2D eigenvalue weighted by atomic mass is 10.1. The Balaban J connectivity index is 1.82. The van der Waals surface area contributed by atoms with E-state index in [1.807, 2.05) is 30.3 Å². The standard InChI is InChI=1S/C14H18N2O2/c1-11(2)13-8-16(10-15-13)14(17)18-9-12-6-4-3-5-7-12/h3-7,10-11,13H,8-9H2,1-2H3/t13-/m1/s1. The van der Waals surface area contributed by atoms with Crippen LogP contribution in [0.2, 0.25) is 0 Å². The second-order valence-electron chi connectivity index (χ2n) is 4.77. The van der Waals surface area contributed by atoms with Crippen molar-refractivity contribution < 1.29 is 9.53 Å². The summed E-state index contributed by atoms with van der Waals surface area (Å²) in [6.45, 7) is 5.11. The highest BCUT2D eigenvalue weighted by atomic mass is 16.6. The summed E-state index contributed by atoms with van der Waals surface area (Å²) in [4.78, 5) is 17.6. The number of carbonyl (C=O) groups excluding carboxylic acids is 1. The Labute approximate surface area is 107 Å². The van der Waals surface area contributed by atoms with Gasteiger partial charge >= 0.3 is 6.09 Å². The molecule has 2 rings (SSSR count). The lowest BCUT2D eigenvalue weighted by Gasteiger charge is -2.16. The Morgan fingerprint density at radius 1 is 1.44 bits per heavy atom. The van der Waals surface area contributed by atoms with Crippen LogP contribution in [0.15, 0.2) is 35.3 Å². The first kappa shape index (κ1) is 12.6. The van der Waals surface area contributed by atoms with Gasteiger partial charge in [-0.25, -0.2) is 4.79 Å². The van der Waals surface area contributed by atoms with Crippen LogP contribution in [0.4, 0.5) is 4.79 Å². The molecule has 1 aromatic carbocycles. The molecule has 4 nitrogen and oxygen atoms in total. The molecule has 1 aliphatic heterocycles. The first-order chi connectivity index (χ1) is 8.66. The van der Waals surface area contributed by atoms with E-state index in [1.54, 1.807) is 6.34 Å². The van der Waals surface area contributed by atoms with Gasteiger partial charge < -0.3 is 4.74 Å². The first-order valence-electron chi connectivity index (χ1n) is 6.17. The second kappa shape index (κ2) is 5.67. The van der Waals surface area contributed by atoms with Crippen LogP contribution in [-0.4, -0.2) is 29.9 Å². The number of ether oxygens (including phenoxy) is 1. The van der Waals surface area contributed by atoms with Gasteiger partial charge in [-0.05, 0) is 11.5 Å². The largest absolute Gasteiger partial charge is 0.444 e. The van der Waals surface area contributed by atoms with Crippen molar-refractivity contribution in [3.63, 3.8) is 0 Å². The van der Waals surface area contributed by atoms with Crippen LogP contribution in [0.5, 0.6) is 0 Å². The minimum absolute atomic E-state index is 0.189. The van der Waals surface area contributed by atoms with Crippen molar-refractivity contribution >= 4 is 12.4 Å². The SMILES string of the molecule is CC(C)[C@H]1CN(C(=O)OCc2ccccc2)C=N1. The fourth-order valence-electron chi connectivity index (χ4n) is 1.77. The smallest absolute Gasteiger partial charge is 0.415 e. The minimum Gasteiger partial charge on any atom is -0.444 e. The van der Waals surface area contributed by atoms with Crippen LogP contribution in [0.1, 0.15) is 19.4 Å². The number of carbonyl (C=O) groups is 1. The highest BCUT2D eigenvalue weighted by Crippen LogP contribution is 2.14. The molecule has 0 bridgehead atoms. The number of benzene rings is 1. The quantitative estimate of drug-likeness (QED) is 0.822. The molecule has 0 radical (unpaired) electrons. The molecule has 0 saturated heterocycles. The molecule has 1 aliphatic rings. The van der Waals surface area contributed by atoms with Gasteiger partial charge in [-0.15, -0.1) is 0 Å². The molecular formula is C14H18N2O2. The monoisotopic (exact) mass is 246 g/mol. The zero-order valence-electron chi connectivity index (χ0n) is 10.7. The van der Waals surface area contributed by atoms with E-state index in [-0.39, 0.29) is 12.1 Å². The third kappa shape index (κ3) is 3.09. The maximum Gasteiger partial charge on any atom is 0.415 e. The zero-order chi connectivity index (χ0) is 13.0. The lowest BCUT2D eigenvalue weighted by Crippen LogP contribution is -2.32. The van der Waals surface area contributed by atoms with E-state index in [4.69, 9.17) is 4.74 Å². The van der Waals surface area contributed by atoms with Crippen LogP contribution in [-0.2, 0) is 11.3 Å².